The monoisotopic (exact) mass is 444 g/mol. The van der Waals surface area contributed by atoms with E-state index in [1.54, 1.807) is 36.4 Å². The van der Waals surface area contributed by atoms with E-state index in [2.05, 4.69) is 10.6 Å². The van der Waals surface area contributed by atoms with Gasteiger partial charge in [-0.3, -0.25) is 10.1 Å². The van der Waals surface area contributed by atoms with E-state index in [0.717, 1.165) is 24.3 Å². The highest BCUT2D eigenvalue weighted by atomic mass is 19.4. The van der Waals surface area contributed by atoms with E-state index in [1.807, 2.05) is 0 Å². The number of fused-ring (bicyclic) bond motifs is 1. The van der Waals surface area contributed by atoms with Crippen molar-refractivity contribution in [2.24, 2.45) is 0 Å². The van der Waals surface area contributed by atoms with Gasteiger partial charge >= 0.3 is 12.3 Å². The van der Waals surface area contributed by atoms with Crippen LogP contribution in [-0.4, -0.2) is 24.7 Å². The summed E-state index contributed by atoms with van der Waals surface area (Å²) in [5.74, 6) is -1.47. The van der Waals surface area contributed by atoms with Gasteiger partial charge in [0.2, 0.25) is 0 Å². The maximum absolute atomic E-state index is 14.4. The molecule has 0 bridgehead atoms. The van der Waals surface area contributed by atoms with E-state index in [1.165, 1.54) is 12.1 Å². The maximum Gasteiger partial charge on any atom is 0.434 e. The maximum atomic E-state index is 14.4. The second-order valence-electron chi connectivity index (χ2n) is 7.16. The number of anilines is 1. The minimum absolute atomic E-state index is 0.0396. The van der Waals surface area contributed by atoms with Gasteiger partial charge < -0.3 is 10.1 Å². The van der Waals surface area contributed by atoms with Crippen molar-refractivity contribution in [3.63, 3.8) is 0 Å². The Kier molecular flexibility index (Phi) is 5.33. The number of carbonyl (C=O) groups is 2. The van der Waals surface area contributed by atoms with Crippen molar-refractivity contribution >= 4 is 17.7 Å². The van der Waals surface area contributed by atoms with E-state index in [4.69, 9.17) is 4.74 Å². The number of cyclic esters (lactones) is 1. The first-order chi connectivity index (χ1) is 15.2. The number of hydrogen-bond acceptors (Lipinski definition) is 3. The van der Waals surface area contributed by atoms with Crippen LogP contribution in [0.2, 0.25) is 0 Å². The van der Waals surface area contributed by atoms with Gasteiger partial charge in [-0.05, 0) is 47.5 Å². The number of amides is 2. The molecule has 0 aromatic heterocycles. The largest absolute Gasteiger partial charge is 0.434 e. The van der Waals surface area contributed by atoms with Crippen LogP contribution in [0.25, 0.3) is 11.1 Å². The number of rotatable bonds is 4. The number of alkyl halides is 3. The summed E-state index contributed by atoms with van der Waals surface area (Å²) < 4.78 is 61.0. The standard InChI is InChI=1S/C23H16F4N2O3/c24-17-9-6-15(7-10-17)20(30)28-13-22(23(25,26)27)18-12-16(14-4-2-1-3-5-14)8-11-19(18)29-21(31)32-22/h1-12H,13H2,(H,28,30)(H,29,31). The van der Waals surface area contributed by atoms with Gasteiger partial charge in [0, 0.05) is 11.1 Å². The molecular formula is C23H16F4N2O3. The summed E-state index contributed by atoms with van der Waals surface area (Å²) in [5.41, 5.74) is -2.44. The lowest BCUT2D eigenvalue weighted by Gasteiger charge is -2.39. The summed E-state index contributed by atoms with van der Waals surface area (Å²) in [4.78, 5) is 24.4. The van der Waals surface area contributed by atoms with Crippen molar-refractivity contribution in [1.29, 1.82) is 0 Å². The molecular weight excluding hydrogens is 428 g/mol. The minimum Gasteiger partial charge on any atom is -0.426 e. The zero-order valence-electron chi connectivity index (χ0n) is 16.4. The fourth-order valence-electron chi connectivity index (χ4n) is 3.50. The van der Waals surface area contributed by atoms with Crippen LogP contribution in [0.4, 0.5) is 28.0 Å². The number of ether oxygens (including phenoxy) is 1. The molecule has 0 saturated carbocycles. The SMILES string of the molecule is O=C1Nc2ccc(-c3ccccc3)cc2C(CNC(=O)c2ccc(F)cc2)(C(F)(F)F)O1. The number of carbonyl (C=O) groups excluding carboxylic acids is 2. The van der Waals surface area contributed by atoms with Crippen molar-refractivity contribution < 1.29 is 31.9 Å². The molecule has 0 spiro atoms. The van der Waals surface area contributed by atoms with Gasteiger partial charge in [0.25, 0.3) is 11.5 Å². The highest BCUT2D eigenvalue weighted by Gasteiger charge is 2.62. The molecule has 5 nitrogen and oxygen atoms in total. The average molecular weight is 444 g/mol. The van der Waals surface area contributed by atoms with Crippen molar-refractivity contribution in [3.05, 3.63) is 89.7 Å². The summed E-state index contributed by atoms with van der Waals surface area (Å²) in [6.07, 6.45) is -6.34. The van der Waals surface area contributed by atoms with Gasteiger partial charge in [0.05, 0.1) is 12.2 Å². The van der Waals surface area contributed by atoms with Crippen molar-refractivity contribution in [3.8, 4) is 11.1 Å². The Bertz CT molecular complexity index is 1160. The molecule has 3 aromatic rings. The molecule has 3 aromatic carbocycles. The van der Waals surface area contributed by atoms with E-state index in [-0.39, 0.29) is 16.8 Å². The van der Waals surface area contributed by atoms with Crippen LogP contribution in [0.15, 0.2) is 72.8 Å². The third kappa shape index (κ3) is 3.89. The molecule has 1 aliphatic rings. The van der Waals surface area contributed by atoms with Crippen LogP contribution < -0.4 is 10.6 Å². The van der Waals surface area contributed by atoms with Crippen molar-refractivity contribution in [2.75, 3.05) is 11.9 Å². The predicted molar refractivity (Wildman–Crippen MR) is 108 cm³/mol. The minimum atomic E-state index is -5.05. The van der Waals surface area contributed by atoms with Gasteiger partial charge in [-0.25, -0.2) is 9.18 Å². The first-order valence-electron chi connectivity index (χ1n) is 9.50. The highest BCUT2D eigenvalue weighted by molar-refractivity contribution is 5.94. The molecule has 1 unspecified atom stereocenters. The molecule has 32 heavy (non-hydrogen) atoms. The van der Waals surface area contributed by atoms with E-state index < -0.39 is 36.1 Å². The van der Waals surface area contributed by atoms with Gasteiger partial charge in [0.1, 0.15) is 5.82 Å². The average Bonchev–Trinajstić information content (AvgIpc) is 2.77. The van der Waals surface area contributed by atoms with Crippen LogP contribution in [0, 0.1) is 5.82 Å². The van der Waals surface area contributed by atoms with E-state index in [0.29, 0.717) is 11.1 Å². The lowest BCUT2D eigenvalue weighted by atomic mass is 9.87. The normalized spacial score (nSPS) is 17.7. The predicted octanol–water partition coefficient (Wildman–Crippen LogP) is 5.24. The van der Waals surface area contributed by atoms with Gasteiger partial charge in [-0.2, -0.15) is 13.2 Å². The van der Waals surface area contributed by atoms with E-state index >= 15 is 0 Å². The molecule has 1 atom stereocenters. The van der Waals surface area contributed by atoms with Crippen molar-refractivity contribution in [2.45, 2.75) is 11.8 Å². The Labute approximate surface area is 180 Å². The highest BCUT2D eigenvalue weighted by Crippen LogP contribution is 2.48. The van der Waals surface area contributed by atoms with Gasteiger partial charge in [-0.15, -0.1) is 0 Å². The molecule has 1 heterocycles. The van der Waals surface area contributed by atoms with Crippen LogP contribution >= 0.6 is 0 Å². The Morgan fingerprint density at radius 1 is 0.969 bits per heavy atom. The summed E-state index contributed by atoms with van der Waals surface area (Å²) in [6, 6.07) is 17.3. The van der Waals surface area contributed by atoms with Gasteiger partial charge in [-0.1, -0.05) is 36.4 Å². The molecule has 0 fully saturated rings. The number of hydrogen-bond donors (Lipinski definition) is 2. The van der Waals surface area contributed by atoms with Crippen LogP contribution in [0.5, 0.6) is 0 Å². The zero-order chi connectivity index (χ0) is 22.9. The Morgan fingerprint density at radius 2 is 1.66 bits per heavy atom. The second kappa shape index (κ2) is 7.99. The fourth-order valence-corrected chi connectivity index (χ4v) is 3.50. The topological polar surface area (TPSA) is 67.4 Å². The third-order valence-corrected chi connectivity index (χ3v) is 5.13. The summed E-state index contributed by atoms with van der Waals surface area (Å²) in [7, 11) is 0. The number of nitrogens with one attached hydrogen (secondary N) is 2. The lowest BCUT2D eigenvalue weighted by molar-refractivity contribution is -0.261. The quantitative estimate of drug-likeness (QED) is 0.541. The Morgan fingerprint density at radius 3 is 2.31 bits per heavy atom. The molecule has 0 aliphatic carbocycles. The molecule has 1 aliphatic heterocycles. The fraction of sp³-hybridized carbons (Fsp3) is 0.130. The summed E-state index contributed by atoms with van der Waals surface area (Å²) in [5, 5.41) is 4.45. The molecule has 2 amide bonds. The van der Waals surface area contributed by atoms with Crippen LogP contribution in [0.1, 0.15) is 15.9 Å². The summed E-state index contributed by atoms with van der Waals surface area (Å²) >= 11 is 0. The first-order valence-corrected chi connectivity index (χ1v) is 9.50. The Balaban J connectivity index is 1.75. The molecule has 164 valence electrons. The molecule has 9 heteroatoms. The molecule has 0 radical (unpaired) electrons. The van der Waals surface area contributed by atoms with Crippen LogP contribution in [0.3, 0.4) is 0 Å². The van der Waals surface area contributed by atoms with Gasteiger partial charge in [0.15, 0.2) is 0 Å². The number of benzene rings is 3. The third-order valence-electron chi connectivity index (χ3n) is 5.13. The van der Waals surface area contributed by atoms with Crippen molar-refractivity contribution in [1.82, 2.24) is 5.32 Å². The second-order valence-corrected chi connectivity index (χ2v) is 7.16. The molecule has 2 N–H and O–H groups in total. The molecule has 0 saturated heterocycles. The Hall–Kier alpha value is -3.88. The lowest BCUT2D eigenvalue weighted by Crippen LogP contribution is -2.56. The number of halogens is 4. The van der Waals surface area contributed by atoms with E-state index in [9.17, 15) is 27.2 Å². The van der Waals surface area contributed by atoms with Crippen LogP contribution in [-0.2, 0) is 10.3 Å². The smallest absolute Gasteiger partial charge is 0.426 e. The summed E-state index contributed by atoms with van der Waals surface area (Å²) in [6.45, 7) is -1.06. The zero-order valence-corrected chi connectivity index (χ0v) is 16.4. The molecule has 4 rings (SSSR count). The first kappa shape index (κ1) is 21.4.